The molecule has 0 aromatic heterocycles. The summed E-state index contributed by atoms with van der Waals surface area (Å²) in [5.74, 6) is -1.54. The minimum Gasteiger partial charge on any atom is -0.336 e. The van der Waals surface area contributed by atoms with E-state index in [4.69, 9.17) is 0 Å². The van der Waals surface area contributed by atoms with Crippen LogP contribution in [0.15, 0.2) is 89.8 Å². The van der Waals surface area contributed by atoms with E-state index in [1.165, 1.54) is 17.0 Å². The lowest BCUT2D eigenvalue weighted by Crippen LogP contribution is -2.57. The third kappa shape index (κ3) is 5.46. The predicted octanol–water partition coefficient (Wildman–Crippen LogP) is 2.51. The summed E-state index contributed by atoms with van der Waals surface area (Å²) < 4.78 is 26.9. The van der Waals surface area contributed by atoms with Crippen LogP contribution in [0.1, 0.15) is 26.3 Å². The van der Waals surface area contributed by atoms with Crippen LogP contribution in [0.25, 0.3) is 0 Å². The Kier molecular flexibility index (Phi) is 7.49. The molecule has 1 saturated heterocycles. The first kappa shape index (κ1) is 25.1. The fourth-order valence-corrected chi connectivity index (χ4v) is 5.47. The highest BCUT2D eigenvalue weighted by Crippen LogP contribution is 2.19. The van der Waals surface area contributed by atoms with Crippen LogP contribution in [0.4, 0.5) is 0 Å². The molecule has 8 nitrogen and oxygen atoms in total. The maximum absolute atomic E-state index is 13.5. The maximum atomic E-state index is 13.5. The molecule has 9 heteroatoms. The third-order valence-corrected chi connectivity index (χ3v) is 7.95. The van der Waals surface area contributed by atoms with Crippen LogP contribution in [0.5, 0.6) is 0 Å². The van der Waals surface area contributed by atoms with Crippen LogP contribution in [-0.2, 0) is 14.6 Å². The molecule has 0 saturated carbocycles. The van der Waals surface area contributed by atoms with E-state index in [0.717, 1.165) is 5.56 Å². The third-order valence-electron chi connectivity index (χ3n) is 6.08. The first-order chi connectivity index (χ1) is 17.3. The molecule has 0 radical (unpaired) electrons. The normalized spacial score (nSPS) is 14.7. The van der Waals surface area contributed by atoms with E-state index in [1.807, 2.05) is 19.1 Å². The molecule has 1 fully saturated rings. The number of nitrogens with one attached hydrogen (secondary N) is 1. The van der Waals surface area contributed by atoms with Gasteiger partial charge in [-0.05, 0) is 43.3 Å². The van der Waals surface area contributed by atoms with Gasteiger partial charge in [-0.3, -0.25) is 14.4 Å². The van der Waals surface area contributed by atoms with Crippen LogP contribution in [0.2, 0.25) is 0 Å². The lowest BCUT2D eigenvalue weighted by Gasteiger charge is -2.36. The van der Waals surface area contributed by atoms with Gasteiger partial charge in [0.05, 0.1) is 4.90 Å². The van der Waals surface area contributed by atoms with Crippen LogP contribution in [0.3, 0.4) is 0 Å². The van der Waals surface area contributed by atoms with E-state index in [0.29, 0.717) is 5.56 Å². The standard InChI is InChI=1S/C27H27N3O5S/c1-20-12-14-22(15-13-20)26(32)29-16-18-30(19-17-29)27(33)25(28-24(31)21-8-4-2-5-9-21)36(34,35)23-10-6-3-7-11-23/h2-15,25H,16-19H2,1H3,(H,28,31). The Labute approximate surface area is 210 Å². The van der Waals surface area contributed by atoms with Gasteiger partial charge in [0.2, 0.25) is 15.2 Å². The monoisotopic (exact) mass is 505 g/mol. The summed E-state index contributed by atoms with van der Waals surface area (Å²) in [6, 6.07) is 22.9. The molecule has 1 heterocycles. The summed E-state index contributed by atoms with van der Waals surface area (Å²) in [6.45, 7) is 2.75. The average molecular weight is 506 g/mol. The van der Waals surface area contributed by atoms with Gasteiger partial charge in [0.1, 0.15) is 0 Å². The van der Waals surface area contributed by atoms with E-state index in [-0.39, 0.29) is 42.5 Å². The van der Waals surface area contributed by atoms with Crippen molar-refractivity contribution in [3.8, 4) is 0 Å². The number of amides is 3. The minimum absolute atomic E-state index is 0.0649. The number of hydrogen-bond acceptors (Lipinski definition) is 5. The van der Waals surface area contributed by atoms with Gasteiger partial charge in [0.15, 0.2) is 0 Å². The largest absolute Gasteiger partial charge is 0.336 e. The first-order valence-electron chi connectivity index (χ1n) is 11.6. The second kappa shape index (κ2) is 10.7. The van der Waals surface area contributed by atoms with E-state index >= 15 is 0 Å². The number of sulfone groups is 1. The van der Waals surface area contributed by atoms with E-state index < -0.39 is 27.0 Å². The van der Waals surface area contributed by atoms with Crippen molar-refractivity contribution < 1.29 is 22.8 Å². The van der Waals surface area contributed by atoms with Gasteiger partial charge in [0, 0.05) is 37.3 Å². The Bertz CT molecular complexity index is 1340. The van der Waals surface area contributed by atoms with Gasteiger partial charge < -0.3 is 15.1 Å². The number of carbonyl (C=O) groups excluding carboxylic acids is 3. The molecule has 1 aliphatic heterocycles. The van der Waals surface area contributed by atoms with Crippen molar-refractivity contribution in [1.82, 2.24) is 15.1 Å². The highest BCUT2D eigenvalue weighted by atomic mass is 32.2. The van der Waals surface area contributed by atoms with Gasteiger partial charge in [-0.15, -0.1) is 0 Å². The SMILES string of the molecule is Cc1ccc(C(=O)N2CCN(C(=O)C(NC(=O)c3ccccc3)S(=O)(=O)c3ccccc3)CC2)cc1. The van der Waals surface area contributed by atoms with Crippen LogP contribution < -0.4 is 5.32 Å². The van der Waals surface area contributed by atoms with Gasteiger partial charge in [-0.1, -0.05) is 54.1 Å². The zero-order valence-corrected chi connectivity index (χ0v) is 20.6. The summed E-state index contributed by atoms with van der Waals surface area (Å²) in [5, 5.41) is 0.636. The van der Waals surface area contributed by atoms with E-state index in [9.17, 15) is 22.8 Å². The molecule has 186 valence electrons. The van der Waals surface area contributed by atoms with Crippen molar-refractivity contribution in [3.05, 3.63) is 102 Å². The van der Waals surface area contributed by atoms with Gasteiger partial charge in [-0.25, -0.2) is 8.42 Å². The highest BCUT2D eigenvalue weighted by molar-refractivity contribution is 7.92. The zero-order valence-electron chi connectivity index (χ0n) is 19.8. The molecular weight excluding hydrogens is 478 g/mol. The minimum atomic E-state index is -4.23. The number of hydrogen-bond donors (Lipinski definition) is 1. The molecule has 0 aliphatic carbocycles. The van der Waals surface area contributed by atoms with Crippen molar-refractivity contribution in [2.24, 2.45) is 0 Å². The summed E-state index contributed by atoms with van der Waals surface area (Å²) in [5.41, 5.74) is 1.84. The van der Waals surface area contributed by atoms with Crippen molar-refractivity contribution in [3.63, 3.8) is 0 Å². The van der Waals surface area contributed by atoms with Crippen molar-refractivity contribution in [1.29, 1.82) is 0 Å². The number of benzene rings is 3. The number of rotatable bonds is 6. The lowest BCUT2D eigenvalue weighted by molar-refractivity contribution is -0.132. The van der Waals surface area contributed by atoms with Gasteiger partial charge >= 0.3 is 0 Å². The van der Waals surface area contributed by atoms with Crippen LogP contribution >= 0.6 is 0 Å². The molecule has 3 aromatic carbocycles. The molecule has 1 unspecified atom stereocenters. The van der Waals surface area contributed by atoms with Crippen molar-refractivity contribution in [2.75, 3.05) is 26.2 Å². The van der Waals surface area contributed by atoms with E-state index in [2.05, 4.69) is 5.32 Å². The smallest absolute Gasteiger partial charge is 0.261 e. The molecule has 3 aromatic rings. The van der Waals surface area contributed by atoms with E-state index in [1.54, 1.807) is 65.6 Å². The molecule has 3 amide bonds. The highest BCUT2D eigenvalue weighted by Gasteiger charge is 2.39. The van der Waals surface area contributed by atoms with Crippen molar-refractivity contribution >= 4 is 27.6 Å². The first-order valence-corrected chi connectivity index (χ1v) is 13.1. The number of nitrogens with zero attached hydrogens (tertiary/aromatic N) is 2. The molecule has 1 N–H and O–H groups in total. The number of carbonyl (C=O) groups is 3. The predicted molar refractivity (Wildman–Crippen MR) is 135 cm³/mol. The zero-order chi connectivity index (χ0) is 25.7. The molecule has 1 aliphatic rings. The lowest BCUT2D eigenvalue weighted by atomic mass is 10.1. The maximum Gasteiger partial charge on any atom is 0.261 e. The Morgan fingerprint density at radius 2 is 1.25 bits per heavy atom. The Morgan fingerprint density at radius 1 is 0.722 bits per heavy atom. The summed E-state index contributed by atoms with van der Waals surface area (Å²) in [6.07, 6.45) is 0. The Hall–Kier alpha value is -3.98. The topological polar surface area (TPSA) is 104 Å². The fourth-order valence-electron chi connectivity index (χ4n) is 3.98. The number of piperazine rings is 1. The second-order valence-corrected chi connectivity index (χ2v) is 10.6. The molecule has 4 rings (SSSR count). The van der Waals surface area contributed by atoms with Gasteiger partial charge in [-0.2, -0.15) is 0 Å². The molecular formula is C27H27N3O5S. The molecule has 1 atom stereocenters. The Morgan fingerprint density at radius 3 is 1.83 bits per heavy atom. The summed E-state index contributed by atoms with van der Waals surface area (Å²) in [4.78, 5) is 42.1. The molecule has 36 heavy (non-hydrogen) atoms. The second-order valence-electron chi connectivity index (χ2n) is 8.56. The fraction of sp³-hybridized carbons (Fsp3) is 0.222. The average Bonchev–Trinajstić information content (AvgIpc) is 2.92. The quantitative estimate of drug-likeness (QED) is 0.555. The van der Waals surface area contributed by atoms with Gasteiger partial charge in [0.25, 0.3) is 17.7 Å². The summed E-state index contributed by atoms with van der Waals surface area (Å²) >= 11 is 0. The molecule has 0 spiro atoms. The van der Waals surface area contributed by atoms with Crippen LogP contribution in [0, 0.1) is 6.92 Å². The molecule has 0 bridgehead atoms. The summed E-state index contributed by atoms with van der Waals surface area (Å²) in [7, 11) is -4.23. The Balaban J connectivity index is 1.53. The number of aryl methyl sites for hydroxylation is 1. The van der Waals surface area contributed by atoms with Crippen molar-refractivity contribution in [2.45, 2.75) is 17.2 Å². The van der Waals surface area contributed by atoms with Crippen LogP contribution in [-0.4, -0.2) is 67.5 Å².